The average Bonchev–Trinajstić information content (AvgIpc) is 2.34. The molecule has 0 atom stereocenters. The molecule has 19 heavy (non-hydrogen) atoms. The molecule has 1 aliphatic carbocycles. The van der Waals surface area contributed by atoms with Crippen molar-refractivity contribution in [2.75, 3.05) is 0 Å². The van der Waals surface area contributed by atoms with Crippen LogP contribution < -0.4 is 4.72 Å². The summed E-state index contributed by atoms with van der Waals surface area (Å²) in [6, 6.07) is 4.89. The summed E-state index contributed by atoms with van der Waals surface area (Å²) < 4.78 is 27.6. The molecule has 2 rings (SSSR count). The van der Waals surface area contributed by atoms with E-state index in [9.17, 15) is 13.5 Å². The summed E-state index contributed by atoms with van der Waals surface area (Å²) in [5.41, 5.74) is 1.29. The molecule has 1 fully saturated rings. The number of hydrogen-bond acceptors (Lipinski definition) is 3. The second-order valence-corrected chi connectivity index (χ2v) is 7.02. The zero-order valence-corrected chi connectivity index (χ0v) is 12.3. The molecule has 0 saturated heterocycles. The first-order valence-corrected chi connectivity index (χ1v) is 8.15. The van der Waals surface area contributed by atoms with E-state index in [4.69, 9.17) is 0 Å². The predicted molar refractivity (Wildman–Crippen MR) is 74.3 cm³/mol. The summed E-state index contributed by atoms with van der Waals surface area (Å²) in [6.07, 6.45) is 3.69. The van der Waals surface area contributed by atoms with Crippen molar-refractivity contribution in [2.24, 2.45) is 0 Å². The molecule has 0 radical (unpaired) electrons. The molecule has 0 unspecified atom stereocenters. The van der Waals surface area contributed by atoms with E-state index in [2.05, 4.69) is 4.72 Å². The van der Waals surface area contributed by atoms with E-state index in [1.165, 1.54) is 0 Å². The minimum absolute atomic E-state index is 0.145. The number of sulfonamides is 1. The van der Waals surface area contributed by atoms with Gasteiger partial charge in [-0.1, -0.05) is 13.0 Å². The molecule has 106 valence electrons. The van der Waals surface area contributed by atoms with Gasteiger partial charge in [0.25, 0.3) is 0 Å². The first-order chi connectivity index (χ1) is 8.92. The molecule has 2 N–H and O–H groups in total. The lowest BCUT2D eigenvalue weighted by molar-refractivity contribution is 0.214. The second kappa shape index (κ2) is 5.23. The molecular formula is C14H21NO3S. The Kier molecular flexibility index (Phi) is 3.99. The minimum Gasteiger partial charge on any atom is -0.392 e. The van der Waals surface area contributed by atoms with Gasteiger partial charge in [-0.3, -0.25) is 0 Å². The fraction of sp³-hybridized carbons (Fsp3) is 0.571. The van der Waals surface area contributed by atoms with Gasteiger partial charge in [0, 0.05) is 5.54 Å². The summed E-state index contributed by atoms with van der Waals surface area (Å²) in [5.74, 6) is 0. The van der Waals surface area contributed by atoms with E-state index in [0.29, 0.717) is 5.56 Å². The minimum atomic E-state index is -3.50. The Hall–Kier alpha value is -0.910. The zero-order chi connectivity index (χ0) is 14.1. The van der Waals surface area contributed by atoms with Crippen molar-refractivity contribution in [1.29, 1.82) is 0 Å². The zero-order valence-electron chi connectivity index (χ0n) is 11.4. The fourth-order valence-electron chi connectivity index (χ4n) is 2.46. The van der Waals surface area contributed by atoms with Gasteiger partial charge in [-0.2, -0.15) is 0 Å². The predicted octanol–water partition coefficient (Wildman–Crippen LogP) is 2.10. The Morgan fingerprint density at radius 1 is 1.37 bits per heavy atom. The van der Waals surface area contributed by atoms with Crippen molar-refractivity contribution in [1.82, 2.24) is 4.72 Å². The lowest BCUT2D eigenvalue weighted by atomic mass is 9.76. The van der Waals surface area contributed by atoms with Crippen molar-refractivity contribution < 1.29 is 13.5 Å². The first kappa shape index (κ1) is 14.5. The molecule has 5 heteroatoms. The summed E-state index contributed by atoms with van der Waals surface area (Å²) in [5, 5.41) is 9.23. The highest BCUT2D eigenvalue weighted by Gasteiger charge is 2.39. The van der Waals surface area contributed by atoms with Gasteiger partial charge in [0.2, 0.25) is 10.0 Å². The molecule has 1 saturated carbocycles. The summed E-state index contributed by atoms with van der Waals surface area (Å²) in [7, 11) is -3.50. The van der Waals surface area contributed by atoms with Crippen LogP contribution in [0, 0.1) is 6.92 Å². The third-order valence-electron chi connectivity index (χ3n) is 4.14. The number of aliphatic hydroxyl groups excluding tert-OH is 1. The van der Waals surface area contributed by atoms with Gasteiger partial charge in [0.15, 0.2) is 0 Å². The van der Waals surface area contributed by atoms with Crippen molar-refractivity contribution in [3.05, 3.63) is 29.3 Å². The second-order valence-electron chi connectivity index (χ2n) is 5.34. The highest BCUT2D eigenvalue weighted by Crippen LogP contribution is 2.36. The third kappa shape index (κ3) is 2.83. The largest absolute Gasteiger partial charge is 0.392 e. The van der Waals surface area contributed by atoms with Crippen LogP contribution in [0.4, 0.5) is 0 Å². The van der Waals surface area contributed by atoms with E-state index in [1.807, 2.05) is 13.8 Å². The van der Waals surface area contributed by atoms with Crippen molar-refractivity contribution in [3.8, 4) is 0 Å². The van der Waals surface area contributed by atoms with E-state index < -0.39 is 10.0 Å². The summed E-state index contributed by atoms with van der Waals surface area (Å²) >= 11 is 0. The first-order valence-electron chi connectivity index (χ1n) is 6.67. The van der Waals surface area contributed by atoms with Gasteiger partial charge in [-0.25, -0.2) is 13.1 Å². The van der Waals surface area contributed by atoms with Gasteiger partial charge in [0.1, 0.15) is 0 Å². The molecule has 0 aromatic heterocycles. The van der Waals surface area contributed by atoms with Crippen LogP contribution in [0.1, 0.15) is 43.7 Å². The van der Waals surface area contributed by atoms with Gasteiger partial charge >= 0.3 is 0 Å². The molecule has 0 heterocycles. The number of aryl methyl sites for hydroxylation is 1. The van der Waals surface area contributed by atoms with E-state index in [0.717, 1.165) is 31.2 Å². The lowest BCUT2D eigenvalue weighted by Gasteiger charge is -2.41. The maximum absolute atomic E-state index is 12.4. The topological polar surface area (TPSA) is 66.4 Å². The summed E-state index contributed by atoms with van der Waals surface area (Å²) in [4.78, 5) is 0.238. The Morgan fingerprint density at radius 2 is 2.05 bits per heavy atom. The molecule has 1 aromatic carbocycles. The van der Waals surface area contributed by atoms with Crippen LogP contribution in [-0.2, 0) is 16.6 Å². The Labute approximate surface area is 114 Å². The van der Waals surface area contributed by atoms with Crippen LogP contribution >= 0.6 is 0 Å². The van der Waals surface area contributed by atoms with E-state index in [1.54, 1.807) is 18.2 Å². The van der Waals surface area contributed by atoms with Gasteiger partial charge in [0.05, 0.1) is 11.5 Å². The fourth-order valence-corrected chi connectivity index (χ4v) is 4.04. The average molecular weight is 283 g/mol. The Morgan fingerprint density at radius 3 is 2.53 bits per heavy atom. The van der Waals surface area contributed by atoms with Crippen molar-refractivity contribution in [3.63, 3.8) is 0 Å². The maximum Gasteiger partial charge on any atom is 0.241 e. The number of aliphatic hydroxyl groups is 1. The van der Waals surface area contributed by atoms with Crippen LogP contribution in [0.3, 0.4) is 0 Å². The van der Waals surface area contributed by atoms with Crippen molar-refractivity contribution in [2.45, 2.75) is 56.6 Å². The monoisotopic (exact) mass is 283 g/mol. The van der Waals surface area contributed by atoms with E-state index in [-0.39, 0.29) is 17.0 Å². The molecule has 0 spiro atoms. The molecule has 0 bridgehead atoms. The molecule has 1 aliphatic rings. The number of rotatable bonds is 5. The van der Waals surface area contributed by atoms with Crippen LogP contribution in [0.2, 0.25) is 0 Å². The highest BCUT2D eigenvalue weighted by atomic mass is 32.2. The number of nitrogens with one attached hydrogen (secondary N) is 1. The van der Waals surface area contributed by atoms with Gasteiger partial charge in [-0.05, 0) is 55.9 Å². The lowest BCUT2D eigenvalue weighted by Crippen LogP contribution is -2.52. The molecule has 0 aliphatic heterocycles. The Balaban J connectivity index is 2.29. The van der Waals surface area contributed by atoms with Crippen LogP contribution in [0.5, 0.6) is 0 Å². The SMILES string of the molecule is CCC1(NS(=O)(=O)c2ccc(C)c(CO)c2)CCC1. The van der Waals surface area contributed by atoms with Crippen LogP contribution in [0.25, 0.3) is 0 Å². The quantitative estimate of drug-likeness (QED) is 0.869. The van der Waals surface area contributed by atoms with Crippen molar-refractivity contribution >= 4 is 10.0 Å². The summed E-state index contributed by atoms with van der Waals surface area (Å²) in [6.45, 7) is 3.72. The van der Waals surface area contributed by atoms with Crippen LogP contribution in [0.15, 0.2) is 23.1 Å². The third-order valence-corrected chi connectivity index (χ3v) is 5.72. The highest BCUT2D eigenvalue weighted by molar-refractivity contribution is 7.89. The smallest absolute Gasteiger partial charge is 0.241 e. The molecular weight excluding hydrogens is 262 g/mol. The van der Waals surface area contributed by atoms with Gasteiger partial charge in [-0.15, -0.1) is 0 Å². The number of hydrogen-bond donors (Lipinski definition) is 2. The maximum atomic E-state index is 12.4. The van der Waals surface area contributed by atoms with E-state index >= 15 is 0 Å². The van der Waals surface area contributed by atoms with Gasteiger partial charge < -0.3 is 5.11 Å². The standard InChI is InChI=1S/C14H21NO3S/c1-3-14(7-4-8-14)15-19(17,18)13-6-5-11(2)12(9-13)10-16/h5-6,9,15-16H,3-4,7-8,10H2,1-2H3. The molecule has 4 nitrogen and oxygen atoms in total. The molecule has 0 amide bonds. The normalized spacial score (nSPS) is 18.1. The Bertz CT molecular complexity index is 557. The molecule has 1 aromatic rings. The number of benzene rings is 1. The van der Waals surface area contributed by atoms with Crippen LogP contribution in [-0.4, -0.2) is 19.1 Å².